The molecule has 2 atom stereocenters. The summed E-state index contributed by atoms with van der Waals surface area (Å²) in [5, 5.41) is 19.3. The van der Waals surface area contributed by atoms with Gasteiger partial charge in [-0.15, -0.1) is 0 Å². The van der Waals surface area contributed by atoms with Crippen molar-refractivity contribution in [3.05, 3.63) is 23.8 Å². The minimum absolute atomic E-state index is 0.00273. The van der Waals surface area contributed by atoms with Crippen molar-refractivity contribution >= 4 is 5.91 Å². The molecule has 1 saturated heterocycles. The Hall–Kier alpha value is -1.75. The van der Waals surface area contributed by atoms with Crippen molar-refractivity contribution in [1.82, 2.24) is 4.90 Å². The van der Waals surface area contributed by atoms with Gasteiger partial charge in [0.1, 0.15) is 11.5 Å². The Labute approximate surface area is 119 Å². The van der Waals surface area contributed by atoms with Gasteiger partial charge in [-0.3, -0.25) is 4.79 Å². The largest absolute Gasteiger partial charge is 0.508 e. The van der Waals surface area contributed by atoms with Crippen LogP contribution < -0.4 is 5.73 Å². The SMILES string of the molecule is CCC1CCN(C(=O)c2cc(O)ccc2O)C(CN)C1. The van der Waals surface area contributed by atoms with Crippen LogP contribution in [0, 0.1) is 5.92 Å². The Morgan fingerprint density at radius 3 is 2.85 bits per heavy atom. The number of nitrogens with two attached hydrogens (primary N) is 1. The number of carbonyl (C=O) groups excluding carboxylic acids is 1. The van der Waals surface area contributed by atoms with Crippen molar-refractivity contribution in [1.29, 1.82) is 0 Å². The zero-order chi connectivity index (χ0) is 14.7. The summed E-state index contributed by atoms with van der Waals surface area (Å²) < 4.78 is 0. The lowest BCUT2D eigenvalue weighted by molar-refractivity contribution is 0.0555. The smallest absolute Gasteiger partial charge is 0.258 e. The Bertz CT molecular complexity index is 490. The summed E-state index contributed by atoms with van der Waals surface area (Å²) in [4.78, 5) is 14.3. The summed E-state index contributed by atoms with van der Waals surface area (Å²) in [5.74, 6) is 0.203. The highest BCUT2D eigenvalue weighted by molar-refractivity contribution is 5.97. The lowest BCUT2D eigenvalue weighted by Crippen LogP contribution is -2.49. The number of likely N-dealkylation sites (tertiary alicyclic amines) is 1. The first-order chi connectivity index (χ1) is 9.56. The van der Waals surface area contributed by atoms with Crippen molar-refractivity contribution < 1.29 is 15.0 Å². The zero-order valence-electron chi connectivity index (χ0n) is 11.7. The summed E-state index contributed by atoms with van der Waals surface area (Å²) in [5.41, 5.74) is 5.93. The Kier molecular flexibility index (Phi) is 4.49. The van der Waals surface area contributed by atoms with Crippen LogP contribution in [0.25, 0.3) is 0 Å². The van der Waals surface area contributed by atoms with E-state index in [0.29, 0.717) is 19.0 Å². The molecule has 4 N–H and O–H groups in total. The normalized spacial score (nSPS) is 22.8. The second-order valence-electron chi connectivity index (χ2n) is 5.39. The average molecular weight is 278 g/mol. The molecule has 1 aliphatic rings. The molecule has 1 heterocycles. The van der Waals surface area contributed by atoms with Gasteiger partial charge in [0.05, 0.1) is 5.56 Å². The van der Waals surface area contributed by atoms with Crippen molar-refractivity contribution in [2.45, 2.75) is 32.2 Å². The molecule has 5 nitrogen and oxygen atoms in total. The summed E-state index contributed by atoms with van der Waals surface area (Å²) in [6, 6.07) is 3.99. The predicted octanol–water partition coefficient (Wildman–Crippen LogP) is 1.69. The van der Waals surface area contributed by atoms with E-state index >= 15 is 0 Å². The van der Waals surface area contributed by atoms with Gasteiger partial charge in [0.2, 0.25) is 0 Å². The number of nitrogens with zero attached hydrogens (tertiary/aromatic N) is 1. The number of rotatable bonds is 3. The molecule has 110 valence electrons. The maximum absolute atomic E-state index is 12.5. The molecule has 1 fully saturated rings. The van der Waals surface area contributed by atoms with Crippen LogP contribution >= 0.6 is 0 Å². The second-order valence-corrected chi connectivity index (χ2v) is 5.39. The highest BCUT2D eigenvalue weighted by atomic mass is 16.3. The minimum atomic E-state index is -0.261. The molecule has 1 amide bonds. The van der Waals surface area contributed by atoms with Crippen molar-refractivity contribution in [2.75, 3.05) is 13.1 Å². The van der Waals surface area contributed by atoms with E-state index in [0.717, 1.165) is 19.3 Å². The first kappa shape index (κ1) is 14.7. The Balaban J connectivity index is 2.21. The van der Waals surface area contributed by atoms with Crippen LogP contribution in [-0.2, 0) is 0 Å². The van der Waals surface area contributed by atoms with E-state index in [-0.39, 0.29) is 29.0 Å². The molecule has 0 aliphatic carbocycles. The van der Waals surface area contributed by atoms with E-state index < -0.39 is 0 Å². The van der Waals surface area contributed by atoms with Gasteiger partial charge in [0, 0.05) is 19.1 Å². The molecule has 0 spiro atoms. The predicted molar refractivity (Wildman–Crippen MR) is 76.7 cm³/mol. The van der Waals surface area contributed by atoms with Gasteiger partial charge in [-0.2, -0.15) is 0 Å². The third-order valence-electron chi connectivity index (χ3n) is 4.15. The standard InChI is InChI=1S/C15H22N2O3/c1-2-10-5-6-17(11(7-10)9-16)15(20)13-8-12(18)3-4-14(13)19/h3-4,8,10-11,18-19H,2,5-7,9,16H2,1H3. The maximum atomic E-state index is 12.5. The van der Waals surface area contributed by atoms with Crippen LogP contribution in [0.15, 0.2) is 18.2 Å². The van der Waals surface area contributed by atoms with Crippen LogP contribution in [0.1, 0.15) is 36.5 Å². The number of phenols is 2. The van der Waals surface area contributed by atoms with Crippen molar-refractivity contribution in [3.8, 4) is 11.5 Å². The molecule has 0 aromatic heterocycles. The van der Waals surface area contributed by atoms with Crippen molar-refractivity contribution in [2.24, 2.45) is 11.7 Å². The quantitative estimate of drug-likeness (QED) is 0.734. The molecule has 0 radical (unpaired) electrons. The Morgan fingerprint density at radius 2 is 2.20 bits per heavy atom. The van der Waals surface area contributed by atoms with Crippen LogP contribution in [-0.4, -0.2) is 40.2 Å². The Morgan fingerprint density at radius 1 is 1.45 bits per heavy atom. The van der Waals surface area contributed by atoms with E-state index in [2.05, 4.69) is 6.92 Å². The summed E-state index contributed by atoms with van der Waals surface area (Å²) >= 11 is 0. The van der Waals surface area contributed by atoms with E-state index in [1.807, 2.05) is 0 Å². The van der Waals surface area contributed by atoms with Gasteiger partial charge in [0.15, 0.2) is 0 Å². The molecule has 20 heavy (non-hydrogen) atoms. The summed E-state index contributed by atoms with van der Waals surface area (Å²) in [6.45, 7) is 3.22. The van der Waals surface area contributed by atoms with Crippen LogP contribution in [0.3, 0.4) is 0 Å². The topological polar surface area (TPSA) is 86.8 Å². The van der Waals surface area contributed by atoms with E-state index in [9.17, 15) is 15.0 Å². The number of piperidine rings is 1. The molecular weight excluding hydrogens is 256 g/mol. The van der Waals surface area contributed by atoms with Gasteiger partial charge in [-0.05, 0) is 37.0 Å². The molecule has 0 saturated carbocycles. The monoisotopic (exact) mass is 278 g/mol. The number of benzene rings is 1. The lowest BCUT2D eigenvalue weighted by atomic mass is 9.88. The van der Waals surface area contributed by atoms with Crippen molar-refractivity contribution in [3.63, 3.8) is 0 Å². The minimum Gasteiger partial charge on any atom is -0.508 e. The first-order valence-corrected chi connectivity index (χ1v) is 7.09. The van der Waals surface area contributed by atoms with Gasteiger partial charge >= 0.3 is 0 Å². The molecular formula is C15H22N2O3. The number of amides is 1. The zero-order valence-corrected chi connectivity index (χ0v) is 11.7. The van der Waals surface area contributed by atoms with Gasteiger partial charge in [0.25, 0.3) is 5.91 Å². The van der Waals surface area contributed by atoms with Gasteiger partial charge < -0.3 is 20.8 Å². The fourth-order valence-corrected chi connectivity index (χ4v) is 2.85. The summed E-state index contributed by atoms with van der Waals surface area (Å²) in [6.07, 6.45) is 2.95. The number of phenolic OH excluding ortho intramolecular Hbond substituents is 2. The number of aromatic hydroxyl groups is 2. The van der Waals surface area contributed by atoms with E-state index in [1.54, 1.807) is 4.90 Å². The highest BCUT2D eigenvalue weighted by Crippen LogP contribution is 2.29. The average Bonchev–Trinajstić information content (AvgIpc) is 2.48. The lowest BCUT2D eigenvalue weighted by Gasteiger charge is -2.39. The highest BCUT2D eigenvalue weighted by Gasteiger charge is 2.31. The van der Waals surface area contributed by atoms with Gasteiger partial charge in [-0.1, -0.05) is 13.3 Å². The third-order valence-corrected chi connectivity index (χ3v) is 4.15. The molecule has 1 aliphatic heterocycles. The van der Waals surface area contributed by atoms with E-state index in [4.69, 9.17) is 5.73 Å². The molecule has 1 aromatic rings. The second kappa shape index (κ2) is 6.13. The number of carbonyl (C=O) groups is 1. The molecule has 1 aromatic carbocycles. The summed E-state index contributed by atoms with van der Waals surface area (Å²) in [7, 11) is 0. The van der Waals surface area contributed by atoms with E-state index in [1.165, 1.54) is 18.2 Å². The molecule has 0 bridgehead atoms. The van der Waals surface area contributed by atoms with Crippen LogP contribution in [0.4, 0.5) is 0 Å². The number of hydrogen-bond acceptors (Lipinski definition) is 4. The first-order valence-electron chi connectivity index (χ1n) is 7.09. The fourth-order valence-electron chi connectivity index (χ4n) is 2.85. The van der Waals surface area contributed by atoms with Gasteiger partial charge in [-0.25, -0.2) is 0 Å². The molecule has 5 heteroatoms. The third kappa shape index (κ3) is 2.88. The maximum Gasteiger partial charge on any atom is 0.258 e. The van der Waals surface area contributed by atoms with Crippen LogP contribution in [0.2, 0.25) is 0 Å². The number of hydrogen-bond donors (Lipinski definition) is 3. The molecule has 2 unspecified atom stereocenters. The molecule has 2 rings (SSSR count). The fraction of sp³-hybridized carbons (Fsp3) is 0.533. The van der Waals surface area contributed by atoms with Crippen LogP contribution in [0.5, 0.6) is 11.5 Å².